The quantitative estimate of drug-likeness (QED) is 0.305. The number of anilines is 1. The molecule has 0 radical (unpaired) electrons. The summed E-state index contributed by atoms with van der Waals surface area (Å²) in [5, 5.41) is 3.90. The highest BCUT2D eigenvalue weighted by Gasteiger charge is 2.57. The lowest BCUT2D eigenvalue weighted by Crippen LogP contribution is -2.63. The van der Waals surface area contributed by atoms with E-state index in [9.17, 15) is 9.18 Å². The van der Waals surface area contributed by atoms with Crippen LogP contribution in [0.2, 0.25) is 0 Å². The number of carbonyl (C=O) groups is 1. The first-order valence-corrected chi connectivity index (χ1v) is 16.2. The number of aliphatic imine (C=N–C) groups is 1. The number of amides is 2. The minimum absolute atomic E-state index is 0.120. The van der Waals surface area contributed by atoms with Crippen LogP contribution in [-0.2, 0) is 6.54 Å². The largest absolute Gasteiger partial charge is 0.491 e. The van der Waals surface area contributed by atoms with E-state index < -0.39 is 5.54 Å². The molecule has 7 rings (SSSR count). The Kier molecular flexibility index (Phi) is 7.48. The molecule has 230 valence electrons. The molecular weight excluding hydrogens is 551 g/mol. The molecule has 1 saturated heterocycles. The van der Waals surface area contributed by atoms with E-state index in [-0.39, 0.29) is 30.0 Å². The molecule has 2 aliphatic carbocycles. The highest BCUT2D eigenvalue weighted by atomic mass is 19.1. The van der Waals surface area contributed by atoms with Gasteiger partial charge >= 0.3 is 6.03 Å². The normalized spacial score (nSPS) is 27.8. The predicted octanol–water partition coefficient (Wildman–Crippen LogP) is 7.69. The Balaban J connectivity index is 1.18. The summed E-state index contributed by atoms with van der Waals surface area (Å²) in [7, 11) is 0. The van der Waals surface area contributed by atoms with Crippen LogP contribution in [0, 0.1) is 11.2 Å². The molecule has 2 spiro atoms. The second-order valence-electron chi connectivity index (χ2n) is 13.9. The molecule has 1 N–H and O–H groups in total. The lowest BCUT2D eigenvalue weighted by atomic mass is 9.80. The zero-order valence-electron chi connectivity index (χ0n) is 26.0. The van der Waals surface area contributed by atoms with Gasteiger partial charge in [-0.2, -0.15) is 4.99 Å². The standard InChI is InChI=1S/C37H43FN4O2/c1-25(2)44-31-14-7-9-27(19-31)24-41-18-17-37(21-26(41)3)34(40-35(43)42(37)30-13-8-12-29(38)20-30)39-33-23-36(15-16-36)22-32(33)28-10-5-4-6-11-28/h4-14,19-20,25-26,32-33H,15-18,21-24H2,1-3H3,(H,39,40,43). The smallest absolute Gasteiger partial charge is 0.350 e. The Morgan fingerprint density at radius 2 is 1.77 bits per heavy atom. The number of benzene rings is 3. The molecule has 44 heavy (non-hydrogen) atoms. The van der Waals surface area contributed by atoms with E-state index in [1.807, 2.05) is 26.0 Å². The molecule has 6 nitrogen and oxygen atoms in total. The van der Waals surface area contributed by atoms with Crippen LogP contribution < -0.4 is 15.0 Å². The van der Waals surface area contributed by atoms with Gasteiger partial charge in [0.05, 0.1) is 6.10 Å². The van der Waals surface area contributed by atoms with Crippen molar-refractivity contribution >= 4 is 17.6 Å². The summed E-state index contributed by atoms with van der Waals surface area (Å²) in [6, 6.07) is 25.6. The maximum atomic E-state index is 14.5. The minimum atomic E-state index is -0.663. The maximum Gasteiger partial charge on any atom is 0.350 e. The van der Waals surface area contributed by atoms with Crippen LogP contribution in [0.3, 0.4) is 0 Å². The van der Waals surface area contributed by atoms with Gasteiger partial charge < -0.3 is 10.1 Å². The molecule has 7 heteroatoms. The van der Waals surface area contributed by atoms with E-state index in [1.54, 1.807) is 11.0 Å². The van der Waals surface area contributed by atoms with Gasteiger partial charge in [0.25, 0.3) is 0 Å². The minimum Gasteiger partial charge on any atom is -0.491 e. The highest BCUT2D eigenvalue weighted by molar-refractivity contribution is 6.16. The second-order valence-corrected chi connectivity index (χ2v) is 13.9. The number of nitrogens with one attached hydrogen (secondary N) is 1. The van der Waals surface area contributed by atoms with Gasteiger partial charge in [-0.15, -0.1) is 0 Å². The molecule has 4 unspecified atom stereocenters. The Morgan fingerprint density at radius 1 is 0.977 bits per heavy atom. The molecular formula is C37H43FN4O2. The SMILES string of the molecule is CC(C)Oc1cccc(CN2CCC3(CC2C)C(NC2CC4(CC4)CC2c2ccccc2)=NC(=O)N3c2cccc(F)c2)c1. The fourth-order valence-electron chi connectivity index (χ4n) is 8.09. The second kappa shape index (κ2) is 11.3. The van der Waals surface area contributed by atoms with Crippen molar-refractivity contribution in [2.45, 2.75) is 95.5 Å². The van der Waals surface area contributed by atoms with Gasteiger partial charge in [0.2, 0.25) is 0 Å². The first kappa shape index (κ1) is 29.0. The predicted molar refractivity (Wildman–Crippen MR) is 173 cm³/mol. The van der Waals surface area contributed by atoms with Gasteiger partial charge in [0, 0.05) is 36.8 Å². The molecule has 0 aromatic heterocycles. The van der Waals surface area contributed by atoms with Gasteiger partial charge in [-0.25, -0.2) is 9.18 Å². The first-order chi connectivity index (χ1) is 21.2. The molecule has 4 aliphatic rings. The summed E-state index contributed by atoms with van der Waals surface area (Å²) in [5.41, 5.74) is 2.86. The number of piperidine rings is 1. The number of ether oxygens (including phenoxy) is 1. The summed E-state index contributed by atoms with van der Waals surface area (Å²) in [5.74, 6) is 1.66. The molecule has 3 aromatic carbocycles. The van der Waals surface area contributed by atoms with Crippen molar-refractivity contribution in [3.8, 4) is 5.75 Å². The van der Waals surface area contributed by atoms with Crippen molar-refractivity contribution in [3.63, 3.8) is 0 Å². The number of hydrogen-bond donors (Lipinski definition) is 1. The number of carbonyl (C=O) groups excluding carboxylic acids is 1. The third-order valence-corrected chi connectivity index (χ3v) is 10.4. The molecule has 2 aliphatic heterocycles. The van der Waals surface area contributed by atoms with Crippen molar-refractivity contribution in [2.24, 2.45) is 10.4 Å². The molecule has 3 fully saturated rings. The van der Waals surface area contributed by atoms with Gasteiger partial charge in [-0.1, -0.05) is 48.5 Å². The van der Waals surface area contributed by atoms with E-state index >= 15 is 0 Å². The monoisotopic (exact) mass is 594 g/mol. The number of amidine groups is 1. The average Bonchev–Trinajstić information content (AvgIpc) is 3.57. The van der Waals surface area contributed by atoms with Crippen LogP contribution in [0.5, 0.6) is 5.75 Å². The number of rotatable bonds is 7. The molecule has 0 bridgehead atoms. The summed E-state index contributed by atoms with van der Waals surface area (Å²) >= 11 is 0. The topological polar surface area (TPSA) is 57.2 Å². The van der Waals surface area contributed by atoms with Crippen LogP contribution >= 0.6 is 0 Å². The van der Waals surface area contributed by atoms with Crippen molar-refractivity contribution < 1.29 is 13.9 Å². The van der Waals surface area contributed by atoms with Gasteiger partial charge in [0.1, 0.15) is 22.9 Å². The maximum absolute atomic E-state index is 14.5. The van der Waals surface area contributed by atoms with Crippen LogP contribution in [0.25, 0.3) is 0 Å². The summed E-state index contributed by atoms with van der Waals surface area (Å²) < 4.78 is 20.5. The molecule has 2 amide bonds. The van der Waals surface area contributed by atoms with Crippen LogP contribution in [0.15, 0.2) is 83.9 Å². The molecule has 2 heterocycles. The van der Waals surface area contributed by atoms with Gasteiger partial charge in [0.15, 0.2) is 0 Å². The van der Waals surface area contributed by atoms with E-state index in [1.165, 1.54) is 42.5 Å². The van der Waals surface area contributed by atoms with E-state index in [4.69, 9.17) is 9.73 Å². The van der Waals surface area contributed by atoms with Gasteiger partial charge in [-0.3, -0.25) is 9.80 Å². The highest BCUT2D eigenvalue weighted by Crippen LogP contribution is 2.62. The van der Waals surface area contributed by atoms with Crippen molar-refractivity contribution in [2.75, 3.05) is 11.4 Å². The Labute approximate surface area is 260 Å². The third-order valence-electron chi connectivity index (χ3n) is 10.4. The number of likely N-dealkylation sites (tertiary alicyclic amines) is 1. The zero-order valence-corrected chi connectivity index (χ0v) is 26.0. The van der Waals surface area contributed by atoms with Gasteiger partial charge in [-0.05, 0) is 106 Å². The van der Waals surface area contributed by atoms with Crippen molar-refractivity contribution in [1.82, 2.24) is 10.2 Å². The van der Waals surface area contributed by atoms with E-state index in [0.29, 0.717) is 29.9 Å². The van der Waals surface area contributed by atoms with Crippen LogP contribution in [0.1, 0.15) is 76.3 Å². The summed E-state index contributed by atoms with van der Waals surface area (Å²) in [6.07, 6.45) is 6.34. The summed E-state index contributed by atoms with van der Waals surface area (Å²) in [6.45, 7) is 7.89. The zero-order chi connectivity index (χ0) is 30.5. The Bertz CT molecular complexity index is 1550. The number of hydrogen-bond acceptors (Lipinski definition) is 4. The first-order valence-electron chi connectivity index (χ1n) is 16.2. The van der Waals surface area contributed by atoms with Crippen LogP contribution in [-0.4, -0.2) is 47.0 Å². The third kappa shape index (κ3) is 5.51. The number of nitrogens with zero attached hydrogens (tertiary/aromatic N) is 3. The van der Waals surface area contributed by atoms with E-state index in [2.05, 4.69) is 65.7 Å². The van der Waals surface area contributed by atoms with Crippen molar-refractivity contribution in [3.05, 3.63) is 95.8 Å². The fourth-order valence-corrected chi connectivity index (χ4v) is 8.09. The average molecular weight is 595 g/mol. The lowest BCUT2D eigenvalue weighted by Gasteiger charge is -2.48. The van der Waals surface area contributed by atoms with E-state index in [0.717, 1.165) is 31.1 Å². The number of urea groups is 1. The van der Waals surface area contributed by atoms with Crippen molar-refractivity contribution in [1.29, 1.82) is 0 Å². The molecule has 3 aromatic rings. The van der Waals surface area contributed by atoms with Crippen LogP contribution in [0.4, 0.5) is 14.9 Å². The number of halogens is 1. The molecule has 2 saturated carbocycles. The Hall–Kier alpha value is -3.71. The summed E-state index contributed by atoms with van der Waals surface area (Å²) in [4.78, 5) is 22.8. The lowest BCUT2D eigenvalue weighted by molar-refractivity contribution is 0.122. The molecule has 4 atom stereocenters. The Morgan fingerprint density at radius 3 is 2.50 bits per heavy atom. The fraction of sp³-hybridized carbons (Fsp3) is 0.459.